The molecular formula is C30H32ClN5O2. The van der Waals surface area contributed by atoms with E-state index in [1.54, 1.807) is 28.9 Å². The molecule has 2 N–H and O–H groups in total. The first-order valence-electron chi connectivity index (χ1n) is 12.6. The molecule has 0 aliphatic carbocycles. The minimum Gasteiger partial charge on any atom is -0.315 e. The largest absolute Gasteiger partial charge is 0.322 e. The summed E-state index contributed by atoms with van der Waals surface area (Å²) in [6, 6.07) is 24.2. The second-order valence-corrected chi connectivity index (χ2v) is 10.1. The van der Waals surface area contributed by atoms with Gasteiger partial charge in [-0.2, -0.15) is 5.10 Å². The Morgan fingerprint density at radius 1 is 0.921 bits per heavy atom. The summed E-state index contributed by atoms with van der Waals surface area (Å²) in [5, 5.41) is 11.3. The number of rotatable bonds is 8. The number of para-hydroxylation sites is 1. The number of carbonyl (C=O) groups excluding carboxylic acids is 2. The van der Waals surface area contributed by atoms with E-state index < -0.39 is 0 Å². The van der Waals surface area contributed by atoms with E-state index in [4.69, 9.17) is 16.7 Å². The van der Waals surface area contributed by atoms with Crippen LogP contribution in [0.5, 0.6) is 0 Å². The second-order valence-electron chi connectivity index (χ2n) is 9.63. The quantitative estimate of drug-likeness (QED) is 0.259. The van der Waals surface area contributed by atoms with Crippen molar-refractivity contribution < 1.29 is 9.59 Å². The Labute approximate surface area is 228 Å². The molecule has 38 heavy (non-hydrogen) atoms. The van der Waals surface area contributed by atoms with E-state index in [0.717, 1.165) is 28.1 Å². The molecule has 0 unspecified atom stereocenters. The van der Waals surface area contributed by atoms with Crippen LogP contribution in [0.4, 0.5) is 16.3 Å². The summed E-state index contributed by atoms with van der Waals surface area (Å²) < 4.78 is 1.77. The van der Waals surface area contributed by atoms with Gasteiger partial charge in [-0.05, 0) is 61.2 Å². The molecule has 0 saturated carbocycles. The summed E-state index contributed by atoms with van der Waals surface area (Å²) in [7, 11) is 0. The van der Waals surface area contributed by atoms with Gasteiger partial charge in [0, 0.05) is 22.8 Å². The SMILES string of the molecule is Cc1ccccc1-n1nc(C)c(-c2ccccc2)c1NC(=O)CN(CC(C)C)C(=O)Nc1ccc(Cl)cc1. The van der Waals surface area contributed by atoms with Crippen molar-refractivity contribution in [1.82, 2.24) is 14.7 Å². The number of anilines is 2. The Morgan fingerprint density at radius 3 is 2.24 bits per heavy atom. The van der Waals surface area contributed by atoms with Crippen molar-refractivity contribution in [3.05, 3.63) is 95.1 Å². The standard InChI is InChI=1S/C30H32ClN5O2/c1-20(2)18-35(30(38)32-25-16-14-24(31)15-17-25)19-27(37)33-29-28(23-11-6-5-7-12-23)22(4)34-36(29)26-13-9-8-10-21(26)3/h5-17,20H,18-19H2,1-4H3,(H,32,38)(H,33,37). The first-order chi connectivity index (χ1) is 18.2. The number of aryl methyl sites for hydroxylation is 2. The normalized spacial score (nSPS) is 10.9. The van der Waals surface area contributed by atoms with Crippen LogP contribution in [0.2, 0.25) is 5.02 Å². The number of urea groups is 1. The molecular weight excluding hydrogens is 498 g/mol. The van der Waals surface area contributed by atoms with Crippen molar-refractivity contribution in [2.45, 2.75) is 27.7 Å². The molecule has 0 aliphatic rings. The third kappa shape index (κ3) is 6.42. The molecule has 0 atom stereocenters. The Morgan fingerprint density at radius 2 is 1.58 bits per heavy atom. The van der Waals surface area contributed by atoms with Crippen LogP contribution in [0, 0.1) is 19.8 Å². The zero-order chi connectivity index (χ0) is 27.2. The van der Waals surface area contributed by atoms with E-state index in [2.05, 4.69) is 10.6 Å². The van der Waals surface area contributed by atoms with Crippen LogP contribution < -0.4 is 10.6 Å². The van der Waals surface area contributed by atoms with Crippen molar-refractivity contribution in [2.24, 2.45) is 5.92 Å². The minimum atomic E-state index is -0.358. The lowest BCUT2D eigenvalue weighted by Crippen LogP contribution is -2.42. The molecule has 4 rings (SSSR count). The lowest BCUT2D eigenvalue weighted by atomic mass is 10.1. The summed E-state index contributed by atoms with van der Waals surface area (Å²) in [6.45, 7) is 8.23. The first-order valence-corrected chi connectivity index (χ1v) is 12.9. The average Bonchev–Trinajstić information content (AvgIpc) is 3.20. The number of benzene rings is 3. The van der Waals surface area contributed by atoms with Gasteiger partial charge in [-0.25, -0.2) is 9.48 Å². The van der Waals surface area contributed by atoms with E-state index in [0.29, 0.717) is 23.1 Å². The van der Waals surface area contributed by atoms with Crippen LogP contribution in [-0.2, 0) is 4.79 Å². The number of hydrogen-bond acceptors (Lipinski definition) is 3. The summed E-state index contributed by atoms with van der Waals surface area (Å²) in [5.74, 6) is 0.415. The number of nitrogens with one attached hydrogen (secondary N) is 2. The van der Waals surface area contributed by atoms with Gasteiger partial charge in [0.25, 0.3) is 0 Å². The minimum absolute atomic E-state index is 0.121. The van der Waals surface area contributed by atoms with Crippen LogP contribution in [-0.4, -0.2) is 39.7 Å². The molecule has 196 valence electrons. The van der Waals surface area contributed by atoms with Crippen molar-refractivity contribution in [3.8, 4) is 16.8 Å². The van der Waals surface area contributed by atoms with Gasteiger partial charge in [0.15, 0.2) is 0 Å². The highest BCUT2D eigenvalue weighted by atomic mass is 35.5. The van der Waals surface area contributed by atoms with Crippen LogP contribution in [0.1, 0.15) is 25.1 Å². The highest BCUT2D eigenvalue weighted by Gasteiger charge is 2.24. The maximum Gasteiger partial charge on any atom is 0.322 e. The summed E-state index contributed by atoms with van der Waals surface area (Å²) in [6.07, 6.45) is 0. The number of nitrogens with zero attached hydrogens (tertiary/aromatic N) is 3. The van der Waals surface area contributed by atoms with E-state index in [1.807, 2.05) is 82.3 Å². The van der Waals surface area contributed by atoms with E-state index in [9.17, 15) is 9.59 Å². The number of aromatic nitrogens is 2. The van der Waals surface area contributed by atoms with Gasteiger partial charge >= 0.3 is 6.03 Å². The second kappa shape index (κ2) is 12.0. The number of halogens is 1. The molecule has 7 nitrogen and oxygen atoms in total. The predicted octanol–water partition coefficient (Wildman–Crippen LogP) is 6.94. The number of amides is 3. The molecule has 0 bridgehead atoms. The zero-order valence-electron chi connectivity index (χ0n) is 22.0. The van der Waals surface area contributed by atoms with Gasteiger partial charge in [-0.1, -0.05) is 74.0 Å². The maximum absolute atomic E-state index is 13.5. The van der Waals surface area contributed by atoms with Crippen LogP contribution in [0.3, 0.4) is 0 Å². The molecule has 1 aromatic heterocycles. The van der Waals surface area contributed by atoms with Crippen molar-refractivity contribution in [2.75, 3.05) is 23.7 Å². The smallest absolute Gasteiger partial charge is 0.315 e. The fourth-order valence-corrected chi connectivity index (χ4v) is 4.44. The van der Waals surface area contributed by atoms with Crippen molar-refractivity contribution in [1.29, 1.82) is 0 Å². The zero-order valence-corrected chi connectivity index (χ0v) is 22.8. The highest BCUT2D eigenvalue weighted by Crippen LogP contribution is 2.34. The molecule has 0 fully saturated rings. The third-order valence-corrected chi connectivity index (χ3v) is 6.28. The van der Waals surface area contributed by atoms with Gasteiger partial charge in [0.05, 0.1) is 11.4 Å². The van der Waals surface area contributed by atoms with Crippen molar-refractivity contribution in [3.63, 3.8) is 0 Å². The molecule has 0 saturated heterocycles. The molecule has 0 aliphatic heterocycles. The fourth-order valence-electron chi connectivity index (χ4n) is 4.31. The van der Waals surface area contributed by atoms with Gasteiger partial charge < -0.3 is 15.5 Å². The Kier molecular flexibility index (Phi) is 8.48. The molecule has 4 aromatic rings. The predicted molar refractivity (Wildman–Crippen MR) is 154 cm³/mol. The van der Waals surface area contributed by atoms with Crippen molar-refractivity contribution >= 4 is 35.0 Å². The molecule has 3 aromatic carbocycles. The van der Waals surface area contributed by atoms with E-state index in [1.165, 1.54) is 4.90 Å². The van der Waals surface area contributed by atoms with Gasteiger partial charge in [-0.3, -0.25) is 4.79 Å². The van der Waals surface area contributed by atoms with Gasteiger partial charge in [-0.15, -0.1) is 0 Å². The molecule has 0 radical (unpaired) electrons. The number of carbonyl (C=O) groups is 2. The van der Waals surface area contributed by atoms with Crippen LogP contribution in [0.25, 0.3) is 16.8 Å². The Balaban J connectivity index is 1.64. The van der Waals surface area contributed by atoms with E-state index >= 15 is 0 Å². The number of hydrogen-bond donors (Lipinski definition) is 2. The lowest BCUT2D eigenvalue weighted by Gasteiger charge is -2.24. The first kappa shape index (κ1) is 26.9. The van der Waals surface area contributed by atoms with Crippen LogP contribution in [0.15, 0.2) is 78.9 Å². The van der Waals surface area contributed by atoms with E-state index in [-0.39, 0.29) is 24.4 Å². The maximum atomic E-state index is 13.5. The molecule has 3 amide bonds. The Hall–Kier alpha value is -4.10. The summed E-state index contributed by atoms with van der Waals surface area (Å²) in [4.78, 5) is 28.1. The Bertz CT molecular complexity index is 1410. The fraction of sp³-hybridized carbons (Fsp3) is 0.233. The monoisotopic (exact) mass is 529 g/mol. The summed E-state index contributed by atoms with van der Waals surface area (Å²) >= 11 is 5.97. The molecule has 1 heterocycles. The lowest BCUT2D eigenvalue weighted by molar-refractivity contribution is -0.116. The molecule has 8 heteroatoms. The van der Waals surface area contributed by atoms with Crippen LogP contribution >= 0.6 is 11.6 Å². The van der Waals surface area contributed by atoms with Gasteiger partial charge in [0.2, 0.25) is 5.91 Å². The molecule has 0 spiro atoms. The topological polar surface area (TPSA) is 79.3 Å². The third-order valence-electron chi connectivity index (χ3n) is 6.03. The van der Waals surface area contributed by atoms with Gasteiger partial charge in [0.1, 0.15) is 12.4 Å². The average molecular weight is 530 g/mol. The summed E-state index contributed by atoms with van der Waals surface area (Å²) in [5.41, 5.74) is 5.06. The highest BCUT2D eigenvalue weighted by molar-refractivity contribution is 6.30.